The zero-order valence-electron chi connectivity index (χ0n) is 29.6. The average molecular weight is 699 g/mol. The lowest BCUT2D eigenvalue weighted by Gasteiger charge is -2.16. The number of aromatic nitrogens is 4. The highest BCUT2D eigenvalue weighted by atomic mass is 15.0. The molecule has 12 rings (SSSR count). The van der Waals surface area contributed by atoms with Crippen molar-refractivity contribution in [2.45, 2.75) is 0 Å². The van der Waals surface area contributed by atoms with E-state index in [-0.39, 0.29) is 0 Å². The molecule has 55 heavy (non-hydrogen) atoms. The van der Waals surface area contributed by atoms with Crippen LogP contribution >= 0.6 is 0 Å². The summed E-state index contributed by atoms with van der Waals surface area (Å²) in [5.41, 5.74) is 7.40. The van der Waals surface area contributed by atoms with Gasteiger partial charge in [0.25, 0.3) is 0 Å². The predicted octanol–water partition coefficient (Wildman–Crippen LogP) is 13.2. The van der Waals surface area contributed by atoms with Gasteiger partial charge >= 0.3 is 0 Å². The van der Waals surface area contributed by atoms with Gasteiger partial charge in [-0.15, -0.1) is 0 Å². The second-order valence-electron chi connectivity index (χ2n) is 14.4. The smallest absolute Gasteiger partial charge is 0.160 e. The zero-order chi connectivity index (χ0) is 36.0. The van der Waals surface area contributed by atoms with Crippen molar-refractivity contribution in [3.05, 3.63) is 182 Å². The molecule has 0 aliphatic rings. The maximum atomic E-state index is 5.35. The van der Waals surface area contributed by atoms with Gasteiger partial charge in [-0.25, -0.2) is 9.97 Å². The molecule has 0 aliphatic carbocycles. The van der Waals surface area contributed by atoms with E-state index in [2.05, 4.69) is 179 Å². The summed E-state index contributed by atoms with van der Waals surface area (Å²) < 4.78 is 2.44. The number of fused-ring (bicyclic) bond motifs is 15. The molecular weight excluding hydrogens is 669 g/mol. The normalized spacial score (nSPS) is 12.0. The number of hydrogen-bond donors (Lipinski definition) is 0. The van der Waals surface area contributed by atoms with Gasteiger partial charge in [-0.2, -0.15) is 0 Å². The molecule has 254 valence electrons. The van der Waals surface area contributed by atoms with Crippen molar-refractivity contribution in [1.29, 1.82) is 0 Å². The maximum Gasteiger partial charge on any atom is 0.160 e. The first-order valence-corrected chi connectivity index (χ1v) is 18.7. The first kappa shape index (κ1) is 30.1. The van der Waals surface area contributed by atoms with E-state index in [9.17, 15) is 0 Å². The third kappa shape index (κ3) is 4.37. The molecule has 0 saturated heterocycles. The van der Waals surface area contributed by atoms with Crippen LogP contribution in [0, 0.1) is 0 Å². The summed E-state index contributed by atoms with van der Waals surface area (Å²) in [4.78, 5) is 15.1. The van der Waals surface area contributed by atoms with Gasteiger partial charge in [0, 0.05) is 56.1 Å². The molecule has 0 bridgehead atoms. The van der Waals surface area contributed by atoms with Crippen molar-refractivity contribution in [2.24, 2.45) is 0 Å². The minimum atomic E-state index is 0.712. The zero-order valence-corrected chi connectivity index (χ0v) is 29.6. The van der Waals surface area contributed by atoms with Gasteiger partial charge in [0.1, 0.15) is 0 Å². The number of benzene rings is 9. The topological polar surface area (TPSA) is 43.6 Å². The summed E-state index contributed by atoms with van der Waals surface area (Å²) in [6.07, 6.45) is 3.77. The Bertz CT molecular complexity index is 3530. The van der Waals surface area contributed by atoms with E-state index < -0.39 is 0 Å². The molecule has 0 saturated carbocycles. The molecule has 0 amide bonds. The quantitative estimate of drug-likeness (QED) is 0.173. The first-order valence-electron chi connectivity index (χ1n) is 18.7. The molecule has 0 radical (unpaired) electrons. The Morgan fingerprint density at radius 2 is 1.00 bits per heavy atom. The highest BCUT2D eigenvalue weighted by Crippen LogP contribution is 2.45. The van der Waals surface area contributed by atoms with Gasteiger partial charge in [-0.1, -0.05) is 140 Å². The van der Waals surface area contributed by atoms with E-state index in [0.29, 0.717) is 5.82 Å². The molecule has 3 heterocycles. The van der Waals surface area contributed by atoms with Crippen LogP contribution in [0.2, 0.25) is 0 Å². The lowest BCUT2D eigenvalue weighted by Crippen LogP contribution is -1.97. The van der Waals surface area contributed by atoms with E-state index in [1.165, 1.54) is 64.9 Å². The Hall–Kier alpha value is -7.43. The van der Waals surface area contributed by atoms with Gasteiger partial charge < -0.3 is 4.57 Å². The number of nitrogens with zero attached hydrogens (tertiary/aromatic N) is 4. The Kier molecular flexibility index (Phi) is 6.31. The largest absolute Gasteiger partial charge is 0.308 e. The highest BCUT2D eigenvalue weighted by molar-refractivity contribution is 6.35. The average Bonchev–Trinajstić information content (AvgIpc) is 3.61. The standard InChI is InChI=1S/C51H30N4/c1-2-12-33(13-3-1)48-43-22-18-32-11-5-7-15-37(32)49(43)54-51(53-48)34-19-21-41-44(30-34)39-17-9-8-16-38(39)40-23-24-42-46-36-14-6-4-10-31(36)20-25-45(46)55(50(42)47(40)41)35-26-28-52-29-27-35/h1-30H. The minimum absolute atomic E-state index is 0.712. The summed E-state index contributed by atoms with van der Waals surface area (Å²) in [5, 5.41) is 15.5. The molecule has 0 spiro atoms. The van der Waals surface area contributed by atoms with Crippen molar-refractivity contribution < 1.29 is 0 Å². The third-order valence-electron chi connectivity index (χ3n) is 11.4. The van der Waals surface area contributed by atoms with Crippen LogP contribution in [0.3, 0.4) is 0 Å². The van der Waals surface area contributed by atoms with Gasteiger partial charge in [0.2, 0.25) is 0 Å². The van der Waals surface area contributed by atoms with Crippen LogP contribution < -0.4 is 0 Å². The molecule has 0 aliphatic heterocycles. The molecular formula is C51H30N4. The van der Waals surface area contributed by atoms with Gasteiger partial charge in [0.05, 0.1) is 22.2 Å². The van der Waals surface area contributed by atoms with E-state index in [1.807, 2.05) is 12.4 Å². The van der Waals surface area contributed by atoms with Gasteiger partial charge in [-0.05, 0) is 73.4 Å². The SMILES string of the molecule is c1ccc(-c2nc(-c3ccc4c(c3)c3ccccc3c3ccc5c6c7ccccc7ccc6n(-c6ccncc6)c5c34)nc3c2ccc2ccccc23)cc1. The van der Waals surface area contributed by atoms with Crippen molar-refractivity contribution >= 4 is 86.6 Å². The molecule has 0 unspecified atom stereocenters. The summed E-state index contributed by atoms with van der Waals surface area (Å²) in [6, 6.07) is 61.0. The van der Waals surface area contributed by atoms with Crippen LogP contribution in [0.5, 0.6) is 0 Å². The van der Waals surface area contributed by atoms with Gasteiger partial charge in [-0.3, -0.25) is 4.98 Å². The third-order valence-corrected chi connectivity index (χ3v) is 11.4. The molecule has 0 atom stereocenters. The van der Waals surface area contributed by atoms with Crippen LogP contribution in [0.1, 0.15) is 0 Å². The number of rotatable bonds is 3. The monoisotopic (exact) mass is 698 g/mol. The molecule has 4 nitrogen and oxygen atoms in total. The second-order valence-corrected chi connectivity index (χ2v) is 14.4. The second kappa shape index (κ2) is 11.5. The molecule has 0 fully saturated rings. The van der Waals surface area contributed by atoms with Crippen LogP contribution in [-0.4, -0.2) is 19.5 Å². The predicted molar refractivity (Wildman–Crippen MR) is 230 cm³/mol. The van der Waals surface area contributed by atoms with E-state index in [0.717, 1.165) is 44.2 Å². The van der Waals surface area contributed by atoms with Crippen molar-refractivity contribution in [3.8, 4) is 28.3 Å². The Morgan fingerprint density at radius 1 is 0.382 bits per heavy atom. The van der Waals surface area contributed by atoms with E-state index in [4.69, 9.17) is 9.97 Å². The fraction of sp³-hybridized carbons (Fsp3) is 0. The first-order chi connectivity index (χ1) is 27.3. The summed E-state index contributed by atoms with van der Waals surface area (Å²) in [7, 11) is 0. The Morgan fingerprint density at radius 3 is 1.82 bits per heavy atom. The molecule has 9 aromatic carbocycles. The molecule has 4 heteroatoms. The number of hydrogen-bond acceptors (Lipinski definition) is 3. The van der Waals surface area contributed by atoms with Crippen molar-refractivity contribution in [2.75, 3.05) is 0 Å². The Labute approximate surface area is 315 Å². The van der Waals surface area contributed by atoms with Crippen LogP contribution in [-0.2, 0) is 0 Å². The fourth-order valence-corrected chi connectivity index (χ4v) is 9.02. The number of pyridine rings is 1. The summed E-state index contributed by atoms with van der Waals surface area (Å²) in [5.74, 6) is 0.712. The van der Waals surface area contributed by atoms with Crippen molar-refractivity contribution in [3.63, 3.8) is 0 Å². The Balaban J connectivity index is 1.22. The minimum Gasteiger partial charge on any atom is -0.308 e. The van der Waals surface area contributed by atoms with Crippen LogP contribution in [0.4, 0.5) is 0 Å². The fourth-order valence-electron chi connectivity index (χ4n) is 9.02. The highest BCUT2D eigenvalue weighted by Gasteiger charge is 2.21. The maximum absolute atomic E-state index is 5.35. The van der Waals surface area contributed by atoms with E-state index in [1.54, 1.807) is 0 Å². The summed E-state index contributed by atoms with van der Waals surface area (Å²) >= 11 is 0. The van der Waals surface area contributed by atoms with Crippen molar-refractivity contribution in [1.82, 2.24) is 19.5 Å². The lowest BCUT2D eigenvalue weighted by molar-refractivity contribution is 1.16. The lowest BCUT2D eigenvalue weighted by atomic mass is 9.91. The molecule has 3 aromatic heterocycles. The van der Waals surface area contributed by atoms with Gasteiger partial charge in [0.15, 0.2) is 5.82 Å². The molecule has 0 N–H and O–H groups in total. The van der Waals surface area contributed by atoms with E-state index >= 15 is 0 Å². The van der Waals surface area contributed by atoms with Crippen LogP contribution in [0.15, 0.2) is 182 Å². The summed E-state index contributed by atoms with van der Waals surface area (Å²) in [6.45, 7) is 0. The molecule has 12 aromatic rings. The van der Waals surface area contributed by atoms with Crippen LogP contribution in [0.25, 0.3) is 115 Å².